The topological polar surface area (TPSA) is 55.4 Å². The molecule has 0 aliphatic heterocycles. The molecule has 0 amide bonds. The molecule has 0 unspecified atom stereocenters. The Hall–Kier alpha value is -2.01. The predicted molar refractivity (Wildman–Crippen MR) is 75.0 cm³/mol. The van der Waals surface area contributed by atoms with Crippen LogP contribution in [0.1, 0.15) is 5.56 Å². The van der Waals surface area contributed by atoms with Gasteiger partial charge < -0.3 is 4.74 Å². The van der Waals surface area contributed by atoms with Crippen molar-refractivity contribution >= 4 is 15.7 Å². The highest BCUT2D eigenvalue weighted by Gasteiger charge is 2.14. The lowest BCUT2D eigenvalue weighted by Gasteiger charge is -2.11. The molecule has 2 aromatic carbocycles. The Bertz CT molecular complexity index is 666. The molecule has 0 aromatic heterocycles. The molecule has 1 N–H and O–H groups in total. The van der Waals surface area contributed by atoms with Gasteiger partial charge in [-0.05, 0) is 42.8 Å². The van der Waals surface area contributed by atoms with E-state index in [-0.39, 0.29) is 4.90 Å². The van der Waals surface area contributed by atoms with E-state index in [1.165, 1.54) is 0 Å². The summed E-state index contributed by atoms with van der Waals surface area (Å²) in [5, 5.41) is 0. The number of methoxy groups -OCH3 is 1. The van der Waals surface area contributed by atoms with E-state index in [0.29, 0.717) is 11.4 Å². The Balaban J connectivity index is 2.31. The molecule has 0 heterocycles. The lowest BCUT2D eigenvalue weighted by molar-refractivity contribution is 0.414. The van der Waals surface area contributed by atoms with Crippen LogP contribution >= 0.6 is 0 Å². The molecule has 19 heavy (non-hydrogen) atoms. The van der Waals surface area contributed by atoms with Crippen molar-refractivity contribution in [3.05, 3.63) is 54.1 Å². The third-order valence-corrected chi connectivity index (χ3v) is 4.11. The van der Waals surface area contributed by atoms with Crippen molar-refractivity contribution < 1.29 is 13.2 Å². The van der Waals surface area contributed by atoms with Crippen LogP contribution in [-0.4, -0.2) is 15.5 Å². The van der Waals surface area contributed by atoms with Gasteiger partial charge in [0.2, 0.25) is 0 Å². The summed E-state index contributed by atoms with van der Waals surface area (Å²) in [7, 11) is -1.97. The number of anilines is 1. The van der Waals surface area contributed by atoms with Crippen LogP contribution in [-0.2, 0) is 10.0 Å². The van der Waals surface area contributed by atoms with E-state index < -0.39 is 10.0 Å². The first-order valence-corrected chi connectivity index (χ1v) is 7.24. The van der Waals surface area contributed by atoms with Crippen LogP contribution in [0.2, 0.25) is 0 Å². The SMILES string of the molecule is COc1ccc(NS(=O)(=O)c2ccccc2)c(C)c1. The first kappa shape index (κ1) is 13.4. The predicted octanol–water partition coefficient (Wildman–Crippen LogP) is 2.80. The van der Waals surface area contributed by atoms with E-state index in [1.54, 1.807) is 55.6 Å². The maximum absolute atomic E-state index is 12.2. The molecule has 5 heteroatoms. The molecule has 0 saturated carbocycles. The third kappa shape index (κ3) is 3.06. The maximum Gasteiger partial charge on any atom is 0.261 e. The van der Waals surface area contributed by atoms with Crippen molar-refractivity contribution in [3.63, 3.8) is 0 Å². The average molecular weight is 277 g/mol. The molecule has 0 radical (unpaired) electrons. The van der Waals surface area contributed by atoms with Crippen molar-refractivity contribution in [3.8, 4) is 5.75 Å². The molecule has 0 atom stereocenters. The van der Waals surface area contributed by atoms with E-state index in [0.717, 1.165) is 5.56 Å². The van der Waals surface area contributed by atoms with Gasteiger partial charge in [0.1, 0.15) is 5.75 Å². The zero-order chi connectivity index (χ0) is 13.9. The standard InChI is InChI=1S/C14H15NO3S/c1-11-10-12(18-2)8-9-14(11)15-19(16,17)13-6-4-3-5-7-13/h3-10,15H,1-2H3. The Morgan fingerprint density at radius 3 is 2.32 bits per heavy atom. The second-order valence-electron chi connectivity index (χ2n) is 4.10. The highest BCUT2D eigenvalue weighted by Crippen LogP contribution is 2.23. The van der Waals surface area contributed by atoms with Gasteiger partial charge in [0.25, 0.3) is 10.0 Å². The smallest absolute Gasteiger partial charge is 0.261 e. The number of hydrogen-bond acceptors (Lipinski definition) is 3. The van der Waals surface area contributed by atoms with Gasteiger partial charge in [-0.25, -0.2) is 8.42 Å². The van der Waals surface area contributed by atoms with Crippen molar-refractivity contribution in [1.82, 2.24) is 0 Å². The fourth-order valence-corrected chi connectivity index (χ4v) is 2.83. The average Bonchev–Trinajstić information content (AvgIpc) is 2.42. The summed E-state index contributed by atoms with van der Waals surface area (Å²) < 4.78 is 32.0. The molecule has 2 aromatic rings. The molecule has 4 nitrogen and oxygen atoms in total. The van der Waals surface area contributed by atoms with E-state index >= 15 is 0 Å². The Morgan fingerprint density at radius 2 is 1.74 bits per heavy atom. The second-order valence-corrected chi connectivity index (χ2v) is 5.78. The minimum Gasteiger partial charge on any atom is -0.497 e. The van der Waals surface area contributed by atoms with Crippen LogP contribution in [0, 0.1) is 6.92 Å². The Kier molecular flexibility index (Phi) is 3.76. The molecule has 0 aliphatic rings. The number of nitrogens with one attached hydrogen (secondary N) is 1. The molecule has 0 fully saturated rings. The monoisotopic (exact) mass is 277 g/mol. The Morgan fingerprint density at radius 1 is 1.05 bits per heavy atom. The number of rotatable bonds is 4. The molecular formula is C14H15NO3S. The largest absolute Gasteiger partial charge is 0.497 e. The van der Waals surface area contributed by atoms with Crippen LogP contribution < -0.4 is 9.46 Å². The Labute approximate surface area is 113 Å². The zero-order valence-corrected chi connectivity index (χ0v) is 11.6. The van der Waals surface area contributed by atoms with E-state index in [9.17, 15) is 8.42 Å². The highest BCUT2D eigenvalue weighted by molar-refractivity contribution is 7.92. The van der Waals surface area contributed by atoms with Gasteiger partial charge in [-0.2, -0.15) is 0 Å². The quantitative estimate of drug-likeness (QED) is 0.935. The maximum atomic E-state index is 12.2. The zero-order valence-electron chi connectivity index (χ0n) is 10.8. The normalized spacial score (nSPS) is 11.1. The molecular weight excluding hydrogens is 262 g/mol. The van der Waals surface area contributed by atoms with Gasteiger partial charge >= 0.3 is 0 Å². The van der Waals surface area contributed by atoms with Crippen LogP contribution in [0.5, 0.6) is 5.75 Å². The minimum absolute atomic E-state index is 0.241. The molecule has 0 spiro atoms. The van der Waals surface area contributed by atoms with Crippen molar-refractivity contribution in [2.24, 2.45) is 0 Å². The first-order chi connectivity index (χ1) is 9.03. The van der Waals surface area contributed by atoms with Crippen molar-refractivity contribution in [1.29, 1.82) is 0 Å². The number of aryl methyl sites for hydroxylation is 1. The van der Waals surface area contributed by atoms with E-state index in [2.05, 4.69) is 4.72 Å². The summed E-state index contributed by atoms with van der Waals surface area (Å²) in [6.07, 6.45) is 0. The van der Waals surface area contributed by atoms with Crippen molar-refractivity contribution in [2.45, 2.75) is 11.8 Å². The molecule has 2 rings (SSSR count). The van der Waals surface area contributed by atoms with Gasteiger partial charge in [0.15, 0.2) is 0 Å². The third-order valence-electron chi connectivity index (χ3n) is 2.73. The van der Waals surface area contributed by atoms with Crippen LogP contribution in [0.15, 0.2) is 53.4 Å². The summed E-state index contributed by atoms with van der Waals surface area (Å²) in [6.45, 7) is 1.82. The second kappa shape index (κ2) is 5.32. The fraction of sp³-hybridized carbons (Fsp3) is 0.143. The fourth-order valence-electron chi connectivity index (χ4n) is 1.68. The number of benzene rings is 2. The number of ether oxygens (including phenoxy) is 1. The van der Waals surface area contributed by atoms with E-state index in [1.807, 2.05) is 6.92 Å². The van der Waals surface area contributed by atoms with Crippen molar-refractivity contribution in [2.75, 3.05) is 11.8 Å². The van der Waals surface area contributed by atoms with E-state index in [4.69, 9.17) is 4.74 Å². The minimum atomic E-state index is -3.55. The summed E-state index contributed by atoms with van der Waals surface area (Å²) >= 11 is 0. The summed E-state index contributed by atoms with van der Waals surface area (Å²) in [5.41, 5.74) is 1.35. The van der Waals surface area contributed by atoms with Gasteiger partial charge in [-0.15, -0.1) is 0 Å². The number of hydrogen-bond donors (Lipinski definition) is 1. The van der Waals surface area contributed by atoms with Gasteiger partial charge in [-0.3, -0.25) is 4.72 Å². The number of sulfonamides is 1. The summed E-state index contributed by atoms with van der Waals surface area (Å²) in [5.74, 6) is 0.695. The lowest BCUT2D eigenvalue weighted by atomic mass is 10.2. The van der Waals surface area contributed by atoms with Gasteiger partial charge in [0.05, 0.1) is 17.7 Å². The molecule has 100 valence electrons. The molecule has 0 bridgehead atoms. The van der Waals surface area contributed by atoms with Crippen LogP contribution in [0.4, 0.5) is 5.69 Å². The summed E-state index contributed by atoms with van der Waals surface area (Å²) in [4.78, 5) is 0.241. The van der Waals surface area contributed by atoms with Gasteiger partial charge in [-0.1, -0.05) is 18.2 Å². The first-order valence-electron chi connectivity index (χ1n) is 5.75. The lowest BCUT2D eigenvalue weighted by Crippen LogP contribution is -2.13. The summed E-state index contributed by atoms with van der Waals surface area (Å²) in [6, 6.07) is 13.5. The molecule has 0 aliphatic carbocycles. The van der Waals surface area contributed by atoms with Crippen LogP contribution in [0.3, 0.4) is 0 Å². The van der Waals surface area contributed by atoms with Crippen LogP contribution in [0.25, 0.3) is 0 Å². The highest BCUT2D eigenvalue weighted by atomic mass is 32.2. The molecule has 0 saturated heterocycles. The van der Waals surface area contributed by atoms with Gasteiger partial charge in [0, 0.05) is 0 Å².